The number of aliphatic hydroxyl groups is 1. The fourth-order valence-corrected chi connectivity index (χ4v) is 4.18. The van der Waals surface area contributed by atoms with Crippen molar-refractivity contribution in [3.05, 3.63) is 53.2 Å². The van der Waals surface area contributed by atoms with Crippen LogP contribution in [0.1, 0.15) is 41.3 Å². The number of benzene rings is 1. The third-order valence-corrected chi connectivity index (χ3v) is 6.12. The molecule has 1 aromatic carbocycles. The minimum atomic E-state index is -0.718. The summed E-state index contributed by atoms with van der Waals surface area (Å²) in [7, 11) is 0. The number of carbonyl (C=O) groups is 2. The lowest BCUT2D eigenvalue weighted by Crippen LogP contribution is -2.49. The van der Waals surface area contributed by atoms with Gasteiger partial charge in [0, 0.05) is 58.1 Å². The highest BCUT2D eigenvalue weighted by Gasteiger charge is 2.25. The van der Waals surface area contributed by atoms with Crippen LogP contribution in [0.2, 0.25) is 0 Å². The van der Waals surface area contributed by atoms with Crippen LogP contribution in [0, 0.1) is 0 Å². The Morgan fingerprint density at radius 1 is 1.28 bits per heavy atom. The van der Waals surface area contributed by atoms with Gasteiger partial charge in [-0.1, -0.05) is 24.3 Å². The number of hydrogen-bond donors (Lipinski definition) is 3. The number of fused-ring (bicyclic) bond motifs is 1. The third kappa shape index (κ3) is 5.41. The Bertz CT molecular complexity index is 961. The summed E-state index contributed by atoms with van der Waals surface area (Å²) in [5.41, 5.74) is 2.78. The minimum absolute atomic E-state index is 0.0664. The zero-order chi connectivity index (χ0) is 22.5. The number of carbonyl (C=O) groups excluding carboxylic acids is 2. The molecule has 1 saturated heterocycles. The fraction of sp³-hybridized carbons (Fsp3) is 0.478. The molecule has 2 aliphatic heterocycles. The van der Waals surface area contributed by atoms with E-state index in [0.29, 0.717) is 44.5 Å². The van der Waals surface area contributed by atoms with Crippen LogP contribution in [0.4, 0.5) is 0 Å². The van der Waals surface area contributed by atoms with Gasteiger partial charge in [-0.25, -0.2) is 0 Å². The van der Waals surface area contributed by atoms with E-state index in [4.69, 9.17) is 4.74 Å². The summed E-state index contributed by atoms with van der Waals surface area (Å²) in [5, 5.41) is 24.5. The van der Waals surface area contributed by atoms with Gasteiger partial charge in [0.15, 0.2) is 0 Å². The van der Waals surface area contributed by atoms with Crippen LogP contribution in [-0.4, -0.2) is 69.9 Å². The standard InChI is InChI=1S/C23H29N5O4/c1-15(29)28-8-6-19(7-9-28)32-22-11-18(13-26-27-22)23(31)25-14-21(30)20-10-16-4-2-3-5-17(16)12-24-20/h2-5,11,13,19-21,24,30H,6-10,12,14H2,1H3,(H,25,31)/t20-,21+/m0/s1. The number of hydrogen-bond acceptors (Lipinski definition) is 7. The molecule has 0 bridgehead atoms. The minimum Gasteiger partial charge on any atom is -0.473 e. The Hall–Kier alpha value is -3.04. The molecule has 0 spiro atoms. The molecule has 2 aromatic rings. The first-order valence-electron chi connectivity index (χ1n) is 11.0. The third-order valence-electron chi connectivity index (χ3n) is 6.12. The second-order valence-corrected chi connectivity index (χ2v) is 8.34. The maximum atomic E-state index is 12.6. The quantitative estimate of drug-likeness (QED) is 0.606. The van der Waals surface area contributed by atoms with Crippen LogP contribution in [0.25, 0.3) is 0 Å². The average Bonchev–Trinajstić information content (AvgIpc) is 2.82. The van der Waals surface area contributed by atoms with Gasteiger partial charge in [-0.3, -0.25) is 9.59 Å². The molecule has 2 atom stereocenters. The second-order valence-electron chi connectivity index (χ2n) is 8.34. The van der Waals surface area contributed by atoms with Crippen LogP contribution >= 0.6 is 0 Å². The Kier molecular flexibility index (Phi) is 6.96. The van der Waals surface area contributed by atoms with Crippen molar-refractivity contribution in [3.63, 3.8) is 0 Å². The molecule has 0 unspecified atom stereocenters. The van der Waals surface area contributed by atoms with Crippen LogP contribution < -0.4 is 15.4 Å². The number of nitrogens with zero attached hydrogens (tertiary/aromatic N) is 3. The van der Waals surface area contributed by atoms with Gasteiger partial charge < -0.3 is 25.4 Å². The molecule has 32 heavy (non-hydrogen) atoms. The maximum absolute atomic E-state index is 12.6. The van der Waals surface area contributed by atoms with Gasteiger partial charge in [-0.2, -0.15) is 5.10 Å². The predicted molar refractivity (Wildman–Crippen MR) is 117 cm³/mol. The Labute approximate surface area is 187 Å². The summed E-state index contributed by atoms with van der Waals surface area (Å²) in [6.07, 6.45) is 2.72. The van der Waals surface area contributed by atoms with Crippen LogP contribution in [0.15, 0.2) is 36.5 Å². The summed E-state index contributed by atoms with van der Waals surface area (Å²) in [5.74, 6) is 0.00756. The van der Waals surface area contributed by atoms with Crippen molar-refractivity contribution < 1.29 is 19.4 Å². The van der Waals surface area contributed by atoms with E-state index in [1.807, 2.05) is 12.1 Å². The van der Waals surface area contributed by atoms with Crippen molar-refractivity contribution in [1.82, 2.24) is 25.7 Å². The Morgan fingerprint density at radius 2 is 2.03 bits per heavy atom. The second kappa shape index (κ2) is 10.1. The number of piperidine rings is 1. The molecule has 3 N–H and O–H groups in total. The first-order valence-corrected chi connectivity index (χ1v) is 11.0. The van der Waals surface area contributed by atoms with Crippen molar-refractivity contribution in [2.75, 3.05) is 19.6 Å². The van der Waals surface area contributed by atoms with Gasteiger partial charge >= 0.3 is 0 Å². The first kappa shape index (κ1) is 22.2. The van der Waals surface area contributed by atoms with Gasteiger partial charge in [0.1, 0.15) is 6.10 Å². The maximum Gasteiger partial charge on any atom is 0.253 e. The van der Waals surface area contributed by atoms with Crippen LogP contribution in [0.3, 0.4) is 0 Å². The number of nitrogens with one attached hydrogen (secondary N) is 2. The SMILES string of the molecule is CC(=O)N1CCC(Oc2cc(C(=O)NC[C@@H](O)[C@@H]3Cc4ccccc4CN3)cnn2)CC1. The van der Waals surface area contributed by atoms with E-state index in [-0.39, 0.29) is 36.4 Å². The molecule has 0 radical (unpaired) electrons. The molecular weight excluding hydrogens is 410 g/mol. The van der Waals surface area contributed by atoms with Gasteiger partial charge in [0.05, 0.1) is 17.9 Å². The normalized spacial score (nSPS) is 19.7. The molecule has 2 aliphatic rings. The number of aromatic nitrogens is 2. The first-order chi connectivity index (χ1) is 15.5. The van der Waals surface area contributed by atoms with Crippen LogP contribution in [-0.2, 0) is 17.8 Å². The number of aliphatic hydroxyl groups excluding tert-OH is 1. The molecule has 170 valence electrons. The zero-order valence-corrected chi connectivity index (χ0v) is 18.2. The van der Waals surface area contributed by atoms with E-state index in [2.05, 4.69) is 33.0 Å². The topological polar surface area (TPSA) is 117 Å². The lowest BCUT2D eigenvalue weighted by molar-refractivity contribution is -0.130. The molecule has 9 heteroatoms. The van der Waals surface area contributed by atoms with E-state index in [1.54, 1.807) is 17.9 Å². The molecule has 1 fully saturated rings. The highest BCUT2D eigenvalue weighted by molar-refractivity contribution is 5.94. The Balaban J connectivity index is 1.27. The summed E-state index contributed by atoms with van der Waals surface area (Å²) in [4.78, 5) is 25.8. The smallest absolute Gasteiger partial charge is 0.253 e. The summed E-state index contributed by atoms with van der Waals surface area (Å²) >= 11 is 0. The Morgan fingerprint density at radius 3 is 2.78 bits per heavy atom. The van der Waals surface area contributed by atoms with Gasteiger partial charge in [0.25, 0.3) is 5.91 Å². The molecule has 0 saturated carbocycles. The molecule has 9 nitrogen and oxygen atoms in total. The van der Waals surface area contributed by atoms with Gasteiger partial charge in [0.2, 0.25) is 11.8 Å². The summed E-state index contributed by atoms with van der Waals surface area (Å²) in [6.45, 7) is 3.68. The highest BCUT2D eigenvalue weighted by atomic mass is 16.5. The van der Waals surface area contributed by atoms with Crippen molar-refractivity contribution in [2.24, 2.45) is 0 Å². The molecule has 3 heterocycles. The van der Waals surface area contributed by atoms with Crippen molar-refractivity contribution in [3.8, 4) is 5.88 Å². The number of likely N-dealkylation sites (tertiary alicyclic amines) is 1. The molecule has 2 amide bonds. The average molecular weight is 440 g/mol. The van der Waals surface area contributed by atoms with Crippen LogP contribution in [0.5, 0.6) is 5.88 Å². The lowest BCUT2D eigenvalue weighted by atomic mass is 9.93. The predicted octanol–water partition coefficient (Wildman–Crippen LogP) is 0.672. The van der Waals surface area contributed by atoms with E-state index in [1.165, 1.54) is 17.3 Å². The fourth-order valence-electron chi connectivity index (χ4n) is 4.18. The van der Waals surface area contributed by atoms with Crippen molar-refractivity contribution in [1.29, 1.82) is 0 Å². The van der Waals surface area contributed by atoms with Crippen molar-refractivity contribution >= 4 is 11.8 Å². The lowest BCUT2D eigenvalue weighted by Gasteiger charge is -2.31. The number of rotatable bonds is 6. The summed E-state index contributed by atoms with van der Waals surface area (Å²) in [6, 6.07) is 9.59. The number of ether oxygens (including phenoxy) is 1. The van der Waals surface area contributed by atoms with E-state index in [0.717, 1.165) is 0 Å². The molecule has 0 aliphatic carbocycles. The van der Waals surface area contributed by atoms with E-state index >= 15 is 0 Å². The van der Waals surface area contributed by atoms with Crippen molar-refractivity contribution in [2.45, 2.75) is 51.0 Å². The molecule has 4 rings (SSSR count). The monoisotopic (exact) mass is 439 g/mol. The highest BCUT2D eigenvalue weighted by Crippen LogP contribution is 2.19. The van der Waals surface area contributed by atoms with E-state index < -0.39 is 6.10 Å². The van der Waals surface area contributed by atoms with Gasteiger partial charge in [-0.15, -0.1) is 5.10 Å². The number of amides is 2. The summed E-state index contributed by atoms with van der Waals surface area (Å²) < 4.78 is 5.88. The van der Waals surface area contributed by atoms with E-state index in [9.17, 15) is 14.7 Å². The molecular formula is C23H29N5O4. The molecule has 1 aromatic heterocycles. The van der Waals surface area contributed by atoms with Gasteiger partial charge in [-0.05, 0) is 17.5 Å². The zero-order valence-electron chi connectivity index (χ0n) is 18.2. The largest absolute Gasteiger partial charge is 0.473 e.